The fourth-order valence-electron chi connectivity index (χ4n) is 2.94. The van der Waals surface area contributed by atoms with Crippen molar-refractivity contribution in [2.24, 2.45) is 21.1 Å². The van der Waals surface area contributed by atoms with Crippen molar-refractivity contribution in [1.29, 1.82) is 0 Å². The molecule has 3 aromatic rings. The van der Waals surface area contributed by atoms with Crippen molar-refractivity contribution in [3.63, 3.8) is 0 Å². The van der Waals surface area contributed by atoms with Gasteiger partial charge in [-0.3, -0.25) is 28.2 Å². The lowest BCUT2D eigenvalue weighted by molar-refractivity contribution is -0.112. The largest absolute Gasteiger partial charge is 0.332 e. The second-order valence-electron chi connectivity index (χ2n) is 6.25. The number of amides is 1. The summed E-state index contributed by atoms with van der Waals surface area (Å²) in [5.41, 5.74) is 0.588. The fraction of sp³-hybridized carbons (Fsp3) is 0.294. The number of nitrogens with zero attached hydrogens (tertiary/aromatic N) is 5. The Hall–Kier alpha value is -3.56. The molecule has 0 unspecified atom stereocenters. The van der Waals surface area contributed by atoms with E-state index in [1.807, 2.05) is 0 Å². The average molecular weight is 370 g/mol. The Balaban J connectivity index is 1.99. The Bertz CT molecular complexity index is 1230. The van der Waals surface area contributed by atoms with Crippen LogP contribution in [0.2, 0.25) is 0 Å². The molecule has 3 heterocycles. The number of Topliss-reactive ketones (excluding diaryl/α,β-unsaturated/α-hetero) is 1. The summed E-state index contributed by atoms with van der Waals surface area (Å²) >= 11 is 0. The van der Waals surface area contributed by atoms with E-state index in [0.29, 0.717) is 11.4 Å². The molecule has 1 amide bonds. The third-order valence-electron chi connectivity index (χ3n) is 4.49. The molecule has 0 saturated carbocycles. The lowest BCUT2D eigenvalue weighted by atomic mass is 10.1. The molecule has 0 fully saturated rings. The molecule has 0 spiro atoms. The Morgan fingerprint density at radius 2 is 1.74 bits per heavy atom. The predicted molar refractivity (Wildman–Crippen MR) is 97.9 cm³/mol. The van der Waals surface area contributed by atoms with Crippen LogP contribution in [0.4, 0.5) is 5.69 Å². The lowest BCUT2D eigenvalue weighted by Crippen LogP contribution is -2.37. The van der Waals surface area contributed by atoms with E-state index in [1.165, 1.54) is 35.6 Å². The number of rotatable bonds is 3. The van der Waals surface area contributed by atoms with Gasteiger partial charge in [-0.1, -0.05) is 0 Å². The van der Waals surface area contributed by atoms with Crippen LogP contribution in [0.25, 0.3) is 11.0 Å². The monoisotopic (exact) mass is 370 g/mol. The third kappa shape index (κ3) is 2.84. The second-order valence-corrected chi connectivity index (χ2v) is 6.25. The molecule has 140 valence electrons. The van der Waals surface area contributed by atoms with E-state index >= 15 is 0 Å². The lowest BCUT2D eigenvalue weighted by Gasteiger charge is -2.09. The molecule has 3 aromatic heterocycles. The molecule has 0 atom stereocenters. The highest BCUT2D eigenvalue weighted by Gasteiger charge is 2.24. The summed E-state index contributed by atoms with van der Waals surface area (Å²) in [6.45, 7) is 3.34. The summed E-state index contributed by atoms with van der Waals surface area (Å²) in [7, 11) is 4.53. The molecule has 10 nitrogen and oxygen atoms in total. The van der Waals surface area contributed by atoms with Gasteiger partial charge in [-0.25, -0.2) is 9.78 Å². The maximum absolute atomic E-state index is 12.5. The van der Waals surface area contributed by atoms with Crippen molar-refractivity contribution in [3.05, 3.63) is 50.1 Å². The highest BCUT2D eigenvalue weighted by atomic mass is 16.2. The van der Waals surface area contributed by atoms with Gasteiger partial charge in [-0.15, -0.1) is 0 Å². The summed E-state index contributed by atoms with van der Waals surface area (Å²) in [6.07, 6.45) is 1.29. The van der Waals surface area contributed by atoms with Crippen molar-refractivity contribution < 1.29 is 9.59 Å². The normalized spacial score (nSPS) is 11.0. The van der Waals surface area contributed by atoms with Crippen LogP contribution in [-0.4, -0.2) is 35.6 Å². The molecule has 3 rings (SSSR count). The SMILES string of the molecule is Cc1nn(C)c(C)c1C(=O)C(=O)Nc1cnc2c(c1)c(=O)n(C)c(=O)n2C. The first-order valence-electron chi connectivity index (χ1n) is 8.05. The fourth-order valence-corrected chi connectivity index (χ4v) is 2.94. The van der Waals surface area contributed by atoms with Gasteiger partial charge in [0.1, 0.15) is 5.65 Å². The van der Waals surface area contributed by atoms with Crippen molar-refractivity contribution >= 4 is 28.4 Å². The first-order valence-corrected chi connectivity index (χ1v) is 8.05. The number of aromatic nitrogens is 5. The van der Waals surface area contributed by atoms with Crippen LogP contribution in [-0.2, 0) is 25.9 Å². The Morgan fingerprint density at radius 1 is 1.07 bits per heavy atom. The second kappa shape index (κ2) is 6.31. The predicted octanol–water partition coefficient (Wildman–Crippen LogP) is -0.196. The average Bonchev–Trinajstić information content (AvgIpc) is 2.89. The number of carbonyl (C=O) groups is 2. The molecule has 10 heteroatoms. The highest BCUT2D eigenvalue weighted by Crippen LogP contribution is 2.15. The van der Waals surface area contributed by atoms with Gasteiger partial charge in [0, 0.05) is 26.8 Å². The summed E-state index contributed by atoms with van der Waals surface area (Å²) in [6, 6.07) is 1.39. The number of aryl methyl sites for hydroxylation is 3. The number of hydrogen-bond donors (Lipinski definition) is 1. The molecule has 27 heavy (non-hydrogen) atoms. The van der Waals surface area contributed by atoms with Crippen LogP contribution >= 0.6 is 0 Å². The molecular weight excluding hydrogens is 352 g/mol. The minimum Gasteiger partial charge on any atom is -0.318 e. The summed E-state index contributed by atoms with van der Waals surface area (Å²) in [4.78, 5) is 53.2. The number of anilines is 1. The summed E-state index contributed by atoms with van der Waals surface area (Å²) in [5.74, 6) is -1.59. The minimum absolute atomic E-state index is 0.151. The summed E-state index contributed by atoms with van der Waals surface area (Å²) in [5, 5.41) is 6.73. The van der Waals surface area contributed by atoms with Gasteiger partial charge in [-0.05, 0) is 19.9 Å². The molecule has 0 saturated heterocycles. The van der Waals surface area contributed by atoms with Gasteiger partial charge in [0.25, 0.3) is 17.2 Å². The minimum atomic E-state index is -0.864. The van der Waals surface area contributed by atoms with Gasteiger partial charge >= 0.3 is 5.69 Å². The molecule has 0 bridgehead atoms. The maximum atomic E-state index is 12.5. The quantitative estimate of drug-likeness (QED) is 0.504. The number of fused-ring (bicyclic) bond motifs is 1. The molecule has 0 radical (unpaired) electrons. The Morgan fingerprint density at radius 3 is 2.33 bits per heavy atom. The number of carbonyl (C=O) groups excluding carboxylic acids is 2. The molecule has 0 aliphatic carbocycles. The topological polar surface area (TPSA) is 121 Å². The molecule has 0 aromatic carbocycles. The zero-order chi connectivity index (χ0) is 20.0. The van der Waals surface area contributed by atoms with Gasteiger partial charge in [-0.2, -0.15) is 5.10 Å². The van der Waals surface area contributed by atoms with Crippen LogP contribution in [0.15, 0.2) is 21.9 Å². The van der Waals surface area contributed by atoms with E-state index < -0.39 is 22.9 Å². The Kier molecular flexibility index (Phi) is 4.26. The van der Waals surface area contributed by atoms with E-state index in [1.54, 1.807) is 20.9 Å². The van der Waals surface area contributed by atoms with Crippen LogP contribution in [0.1, 0.15) is 21.7 Å². The van der Waals surface area contributed by atoms with E-state index in [0.717, 1.165) is 4.57 Å². The molecule has 1 N–H and O–H groups in total. The van der Waals surface area contributed by atoms with Gasteiger partial charge in [0.15, 0.2) is 0 Å². The van der Waals surface area contributed by atoms with Gasteiger partial charge in [0.05, 0.1) is 28.5 Å². The van der Waals surface area contributed by atoms with Crippen molar-refractivity contribution in [3.8, 4) is 0 Å². The van der Waals surface area contributed by atoms with E-state index in [9.17, 15) is 19.2 Å². The van der Waals surface area contributed by atoms with Crippen molar-refractivity contribution in [1.82, 2.24) is 23.9 Å². The molecule has 0 aliphatic rings. The smallest absolute Gasteiger partial charge is 0.318 e. The van der Waals surface area contributed by atoms with Crippen LogP contribution < -0.4 is 16.6 Å². The molecule has 0 aliphatic heterocycles. The summed E-state index contributed by atoms with van der Waals surface area (Å²) < 4.78 is 3.70. The number of ketones is 1. The number of hydrogen-bond acceptors (Lipinski definition) is 6. The van der Waals surface area contributed by atoms with Crippen molar-refractivity contribution in [2.45, 2.75) is 13.8 Å². The first-order chi connectivity index (χ1) is 12.6. The van der Waals surface area contributed by atoms with E-state index in [2.05, 4.69) is 15.4 Å². The van der Waals surface area contributed by atoms with Crippen LogP contribution in [0.3, 0.4) is 0 Å². The first kappa shape index (κ1) is 18.2. The standard InChI is InChI=1S/C17H18N6O4/c1-8-12(9(2)23(5)20-8)13(24)15(25)19-10-6-11-14(18-7-10)21(3)17(27)22(4)16(11)26/h6-7H,1-5H3,(H,19,25). The zero-order valence-corrected chi connectivity index (χ0v) is 15.5. The third-order valence-corrected chi connectivity index (χ3v) is 4.49. The van der Waals surface area contributed by atoms with Crippen LogP contribution in [0, 0.1) is 13.8 Å². The van der Waals surface area contributed by atoms with Crippen LogP contribution in [0.5, 0.6) is 0 Å². The van der Waals surface area contributed by atoms with E-state index in [4.69, 9.17) is 0 Å². The highest BCUT2D eigenvalue weighted by molar-refractivity contribution is 6.47. The van der Waals surface area contributed by atoms with Gasteiger partial charge < -0.3 is 5.32 Å². The van der Waals surface area contributed by atoms with E-state index in [-0.39, 0.29) is 22.3 Å². The number of pyridine rings is 1. The maximum Gasteiger partial charge on any atom is 0.332 e. The number of nitrogens with one attached hydrogen (secondary N) is 1. The zero-order valence-electron chi connectivity index (χ0n) is 15.5. The van der Waals surface area contributed by atoms with Crippen molar-refractivity contribution in [2.75, 3.05) is 5.32 Å². The molecular formula is C17H18N6O4. The van der Waals surface area contributed by atoms with Gasteiger partial charge in [0.2, 0.25) is 0 Å². The Labute approximate surface area is 153 Å².